The molecule has 0 atom stereocenters. The van der Waals surface area contributed by atoms with E-state index in [0.29, 0.717) is 20.5 Å². The number of amides is 1. The zero-order valence-corrected chi connectivity index (χ0v) is 12.1. The molecule has 0 unspecified atom stereocenters. The van der Waals surface area contributed by atoms with E-state index in [9.17, 15) is 9.59 Å². The lowest BCUT2D eigenvalue weighted by Crippen LogP contribution is -2.10. The summed E-state index contributed by atoms with van der Waals surface area (Å²) in [5, 5.41) is 3.23. The molecule has 5 heteroatoms. The maximum Gasteiger partial charge on any atom is 0.265 e. The van der Waals surface area contributed by atoms with Crippen molar-refractivity contribution in [3.05, 3.63) is 50.7 Å². The molecule has 0 aliphatic carbocycles. The quantitative estimate of drug-likeness (QED) is 0.864. The molecule has 0 fully saturated rings. The van der Waals surface area contributed by atoms with Crippen LogP contribution >= 0.6 is 22.9 Å². The van der Waals surface area contributed by atoms with Gasteiger partial charge in [-0.25, -0.2) is 0 Å². The van der Waals surface area contributed by atoms with Crippen molar-refractivity contribution in [2.75, 3.05) is 5.32 Å². The van der Waals surface area contributed by atoms with Crippen LogP contribution in [0.3, 0.4) is 0 Å². The molecule has 0 saturated heterocycles. The van der Waals surface area contributed by atoms with Crippen LogP contribution in [-0.2, 0) is 0 Å². The Balaban J connectivity index is 2.18. The van der Waals surface area contributed by atoms with Crippen LogP contribution in [0.1, 0.15) is 31.8 Å². The molecule has 1 heterocycles. The van der Waals surface area contributed by atoms with Crippen molar-refractivity contribution in [3.63, 3.8) is 0 Å². The van der Waals surface area contributed by atoms with Gasteiger partial charge in [-0.3, -0.25) is 9.59 Å². The lowest BCUT2D eigenvalue weighted by atomic mass is 10.2. The number of benzene rings is 1. The van der Waals surface area contributed by atoms with Crippen LogP contribution in [0.2, 0.25) is 5.02 Å². The maximum absolute atomic E-state index is 12.0. The molecule has 98 valence electrons. The number of anilines is 1. The van der Waals surface area contributed by atoms with Crippen molar-refractivity contribution in [3.8, 4) is 0 Å². The molecule has 0 aliphatic rings. The Morgan fingerprint density at radius 1 is 1.16 bits per heavy atom. The van der Waals surface area contributed by atoms with E-state index in [1.54, 1.807) is 24.3 Å². The van der Waals surface area contributed by atoms with Crippen molar-refractivity contribution < 1.29 is 9.59 Å². The molecule has 1 aromatic carbocycles. The van der Waals surface area contributed by atoms with Crippen LogP contribution in [0.15, 0.2) is 30.3 Å². The fourth-order valence-corrected chi connectivity index (χ4v) is 2.63. The summed E-state index contributed by atoms with van der Waals surface area (Å²) in [5.41, 5.74) is 1.59. The highest BCUT2D eigenvalue weighted by Gasteiger charge is 2.12. The van der Waals surface area contributed by atoms with Crippen LogP contribution in [0, 0.1) is 6.92 Å². The summed E-state index contributed by atoms with van der Waals surface area (Å²) in [6.45, 7) is 3.40. The van der Waals surface area contributed by atoms with E-state index in [2.05, 4.69) is 5.32 Å². The maximum atomic E-state index is 12.0. The smallest absolute Gasteiger partial charge is 0.265 e. The first kappa shape index (κ1) is 13.8. The van der Waals surface area contributed by atoms with Crippen LogP contribution in [0.25, 0.3) is 0 Å². The first-order valence-corrected chi connectivity index (χ1v) is 6.85. The molecular formula is C14H12ClNO2S. The third-order valence-corrected chi connectivity index (χ3v) is 4.05. The van der Waals surface area contributed by atoms with Gasteiger partial charge in [-0.2, -0.15) is 0 Å². The second-order valence-corrected chi connectivity index (χ2v) is 5.65. The standard InChI is InChI=1S/C14H12ClNO2S/c1-8-3-4-11(10(15)7-8)16-14(18)13-6-5-12(19-13)9(2)17/h3-7H,1-2H3,(H,16,18). The number of carbonyl (C=O) groups excluding carboxylic acids is 2. The second kappa shape index (κ2) is 5.55. The van der Waals surface area contributed by atoms with Gasteiger partial charge in [0.1, 0.15) is 0 Å². The van der Waals surface area contributed by atoms with Gasteiger partial charge in [-0.1, -0.05) is 17.7 Å². The van der Waals surface area contributed by atoms with E-state index < -0.39 is 0 Å². The fourth-order valence-electron chi connectivity index (χ4n) is 1.55. The number of Topliss-reactive ketones (excluding diaryl/α,β-unsaturated/α-hetero) is 1. The average molecular weight is 294 g/mol. The number of carbonyl (C=O) groups is 2. The van der Waals surface area contributed by atoms with Gasteiger partial charge < -0.3 is 5.32 Å². The SMILES string of the molecule is CC(=O)c1ccc(C(=O)Nc2ccc(C)cc2Cl)s1. The normalized spacial score (nSPS) is 10.3. The Hall–Kier alpha value is -1.65. The largest absolute Gasteiger partial charge is 0.320 e. The van der Waals surface area contributed by atoms with Gasteiger partial charge in [0.25, 0.3) is 5.91 Å². The number of thiophene rings is 1. The summed E-state index contributed by atoms with van der Waals surface area (Å²) in [6, 6.07) is 8.70. The van der Waals surface area contributed by atoms with Crippen LogP contribution in [0.5, 0.6) is 0 Å². The first-order chi connectivity index (χ1) is 8.97. The van der Waals surface area contributed by atoms with E-state index in [4.69, 9.17) is 11.6 Å². The van der Waals surface area contributed by atoms with Gasteiger partial charge >= 0.3 is 0 Å². The molecule has 2 rings (SSSR count). The van der Waals surface area contributed by atoms with Gasteiger partial charge in [0.15, 0.2) is 5.78 Å². The molecule has 19 heavy (non-hydrogen) atoms. The number of hydrogen-bond acceptors (Lipinski definition) is 3. The Bertz CT molecular complexity index is 649. The minimum absolute atomic E-state index is 0.0441. The van der Waals surface area contributed by atoms with Crippen molar-refractivity contribution in [2.45, 2.75) is 13.8 Å². The summed E-state index contributed by atoms with van der Waals surface area (Å²) >= 11 is 7.22. The number of halogens is 1. The Morgan fingerprint density at radius 3 is 2.42 bits per heavy atom. The molecule has 1 aromatic heterocycles. The summed E-state index contributed by atoms with van der Waals surface area (Å²) in [5.74, 6) is -0.305. The van der Waals surface area contributed by atoms with E-state index in [1.165, 1.54) is 18.3 Å². The molecular weight excluding hydrogens is 282 g/mol. The molecule has 0 saturated carbocycles. The molecule has 1 N–H and O–H groups in total. The van der Waals surface area contributed by atoms with Crippen LogP contribution in [-0.4, -0.2) is 11.7 Å². The minimum Gasteiger partial charge on any atom is -0.320 e. The predicted octanol–water partition coefficient (Wildman–Crippen LogP) is 4.16. The average Bonchev–Trinajstić information content (AvgIpc) is 2.82. The topological polar surface area (TPSA) is 46.2 Å². The van der Waals surface area contributed by atoms with Crippen LogP contribution in [0.4, 0.5) is 5.69 Å². The van der Waals surface area contributed by atoms with Gasteiger partial charge in [-0.15, -0.1) is 11.3 Å². The third-order valence-electron chi connectivity index (χ3n) is 2.55. The van der Waals surface area contributed by atoms with Crippen molar-refractivity contribution in [1.82, 2.24) is 0 Å². The molecule has 3 nitrogen and oxygen atoms in total. The van der Waals surface area contributed by atoms with Gasteiger partial charge in [0, 0.05) is 0 Å². The molecule has 0 bridgehead atoms. The highest BCUT2D eigenvalue weighted by atomic mass is 35.5. The monoisotopic (exact) mass is 293 g/mol. The molecule has 1 amide bonds. The Kier molecular flexibility index (Phi) is 4.02. The first-order valence-electron chi connectivity index (χ1n) is 5.65. The zero-order valence-electron chi connectivity index (χ0n) is 10.5. The number of hydrogen-bond donors (Lipinski definition) is 1. The highest BCUT2D eigenvalue weighted by Crippen LogP contribution is 2.24. The van der Waals surface area contributed by atoms with E-state index in [1.807, 2.05) is 13.0 Å². The van der Waals surface area contributed by atoms with Crippen molar-refractivity contribution in [2.24, 2.45) is 0 Å². The summed E-state index contributed by atoms with van der Waals surface area (Å²) in [4.78, 5) is 24.3. The lowest BCUT2D eigenvalue weighted by Gasteiger charge is -2.06. The van der Waals surface area contributed by atoms with E-state index in [-0.39, 0.29) is 11.7 Å². The van der Waals surface area contributed by atoms with Crippen molar-refractivity contribution >= 4 is 40.3 Å². The predicted molar refractivity (Wildman–Crippen MR) is 78.5 cm³/mol. The number of aryl methyl sites for hydroxylation is 1. The third kappa shape index (κ3) is 3.22. The Morgan fingerprint density at radius 2 is 1.84 bits per heavy atom. The summed E-state index contributed by atoms with van der Waals surface area (Å²) in [7, 11) is 0. The molecule has 0 spiro atoms. The van der Waals surface area contributed by atoms with E-state index in [0.717, 1.165) is 5.56 Å². The van der Waals surface area contributed by atoms with Crippen LogP contribution < -0.4 is 5.32 Å². The number of ketones is 1. The van der Waals surface area contributed by atoms with Crippen molar-refractivity contribution in [1.29, 1.82) is 0 Å². The molecule has 0 radical (unpaired) electrons. The van der Waals surface area contributed by atoms with Gasteiger partial charge in [-0.05, 0) is 43.7 Å². The fraction of sp³-hybridized carbons (Fsp3) is 0.143. The van der Waals surface area contributed by atoms with Gasteiger partial charge in [0.2, 0.25) is 0 Å². The number of rotatable bonds is 3. The Labute approximate surface area is 120 Å². The summed E-state index contributed by atoms with van der Waals surface area (Å²) < 4.78 is 0. The summed E-state index contributed by atoms with van der Waals surface area (Å²) in [6.07, 6.45) is 0. The van der Waals surface area contributed by atoms with E-state index >= 15 is 0 Å². The zero-order chi connectivity index (χ0) is 14.0. The minimum atomic E-state index is -0.261. The highest BCUT2D eigenvalue weighted by molar-refractivity contribution is 7.16. The molecule has 0 aliphatic heterocycles. The number of nitrogens with one attached hydrogen (secondary N) is 1. The lowest BCUT2D eigenvalue weighted by molar-refractivity contribution is 0.101. The molecule has 2 aromatic rings. The van der Waals surface area contributed by atoms with Gasteiger partial charge in [0.05, 0.1) is 20.5 Å². The second-order valence-electron chi connectivity index (χ2n) is 4.16.